The maximum absolute atomic E-state index is 12.3. The molecule has 8 heteroatoms. The molecular weight excluding hydrogens is 410 g/mol. The van der Waals surface area contributed by atoms with Crippen LogP contribution in [0.3, 0.4) is 0 Å². The van der Waals surface area contributed by atoms with Crippen LogP contribution in [0.25, 0.3) is 11.1 Å². The molecule has 150 valence electrons. The van der Waals surface area contributed by atoms with E-state index in [9.17, 15) is 4.79 Å². The number of methoxy groups -OCH3 is 2. The number of ether oxygens (including phenoxy) is 2. The maximum atomic E-state index is 12.3. The minimum Gasteiger partial charge on any atom is -0.493 e. The van der Waals surface area contributed by atoms with E-state index in [1.807, 2.05) is 37.3 Å². The van der Waals surface area contributed by atoms with Crippen LogP contribution >= 0.6 is 22.9 Å². The van der Waals surface area contributed by atoms with E-state index in [1.165, 1.54) is 5.56 Å². The minimum absolute atomic E-state index is 0.256. The van der Waals surface area contributed by atoms with E-state index >= 15 is 0 Å². The molecule has 1 heterocycles. The predicted molar refractivity (Wildman–Crippen MR) is 116 cm³/mol. The number of amides is 1. The second-order valence-corrected chi connectivity index (χ2v) is 7.57. The van der Waals surface area contributed by atoms with Crippen LogP contribution in [0.2, 0.25) is 0 Å². The van der Waals surface area contributed by atoms with E-state index < -0.39 is 0 Å². The molecule has 1 aromatic heterocycles. The van der Waals surface area contributed by atoms with Gasteiger partial charge in [0.15, 0.2) is 16.5 Å². The van der Waals surface area contributed by atoms with Crippen molar-refractivity contribution in [1.82, 2.24) is 15.5 Å². The van der Waals surface area contributed by atoms with Crippen molar-refractivity contribution in [2.75, 3.05) is 14.2 Å². The van der Waals surface area contributed by atoms with Gasteiger partial charge in [-0.2, -0.15) is 0 Å². The Hall–Kier alpha value is -2.90. The maximum Gasteiger partial charge on any atom is 0.282 e. The number of aromatic nitrogens is 2. The minimum atomic E-state index is -0.287. The number of benzene rings is 2. The van der Waals surface area contributed by atoms with Gasteiger partial charge in [0.25, 0.3) is 5.91 Å². The molecule has 3 aromatic rings. The number of carbonyl (C=O) groups excluding carboxylic acids is 1. The Morgan fingerprint density at radius 2 is 1.76 bits per heavy atom. The van der Waals surface area contributed by atoms with Gasteiger partial charge in [-0.3, -0.25) is 4.79 Å². The molecule has 0 aliphatic heterocycles. The van der Waals surface area contributed by atoms with Crippen molar-refractivity contribution in [3.05, 3.63) is 69.2 Å². The smallest absolute Gasteiger partial charge is 0.282 e. The second-order valence-electron chi connectivity index (χ2n) is 6.19. The van der Waals surface area contributed by atoms with Gasteiger partial charge in [0.05, 0.1) is 19.3 Å². The molecule has 1 N–H and O–H groups in total. The van der Waals surface area contributed by atoms with E-state index in [0.717, 1.165) is 22.5 Å². The molecule has 2 aromatic carbocycles. The van der Waals surface area contributed by atoms with Gasteiger partial charge in [-0.05, 0) is 36.3 Å². The number of aryl methyl sites for hydroxylation is 1. The summed E-state index contributed by atoms with van der Waals surface area (Å²) in [5.74, 6) is 0.938. The van der Waals surface area contributed by atoms with Crippen molar-refractivity contribution < 1.29 is 14.3 Å². The van der Waals surface area contributed by atoms with Gasteiger partial charge in [-0.25, -0.2) is 0 Å². The van der Waals surface area contributed by atoms with Crippen LogP contribution in [-0.2, 0) is 6.54 Å². The highest BCUT2D eigenvalue weighted by Gasteiger charge is 2.14. The topological polar surface area (TPSA) is 73.3 Å². The Morgan fingerprint density at radius 1 is 1.07 bits per heavy atom. The Balaban J connectivity index is 1.69. The highest BCUT2D eigenvalue weighted by atomic mass is 35.5. The highest BCUT2D eigenvalue weighted by molar-refractivity contribution is 7.15. The first-order valence-corrected chi connectivity index (χ1v) is 9.96. The summed E-state index contributed by atoms with van der Waals surface area (Å²) in [6, 6.07) is 13.4. The van der Waals surface area contributed by atoms with E-state index in [1.54, 1.807) is 32.4 Å². The largest absolute Gasteiger partial charge is 0.493 e. The van der Waals surface area contributed by atoms with Crippen molar-refractivity contribution in [2.45, 2.75) is 13.5 Å². The molecule has 0 aliphatic rings. The third-order valence-corrected chi connectivity index (χ3v) is 5.45. The number of nitrogens with zero attached hydrogens (tertiary/aromatic N) is 2. The van der Waals surface area contributed by atoms with Crippen LogP contribution < -0.4 is 14.8 Å². The molecule has 0 radical (unpaired) electrons. The van der Waals surface area contributed by atoms with Gasteiger partial charge >= 0.3 is 0 Å². The number of hydrogen-bond donors (Lipinski definition) is 1. The van der Waals surface area contributed by atoms with E-state index in [-0.39, 0.29) is 10.9 Å². The zero-order chi connectivity index (χ0) is 20.8. The fourth-order valence-electron chi connectivity index (χ4n) is 2.53. The van der Waals surface area contributed by atoms with Crippen molar-refractivity contribution >= 4 is 40.0 Å². The third kappa shape index (κ3) is 5.34. The summed E-state index contributed by atoms with van der Waals surface area (Å²) in [6.45, 7) is 2.44. The van der Waals surface area contributed by atoms with Crippen molar-refractivity contribution in [1.29, 1.82) is 0 Å². The van der Waals surface area contributed by atoms with Gasteiger partial charge in [-0.1, -0.05) is 58.8 Å². The van der Waals surface area contributed by atoms with Crippen molar-refractivity contribution in [3.63, 3.8) is 0 Å². The molecule has 0 aliphatic carbocycles. The molecule has 3 rings (SSSR count). The zero-order valence-corrected chi connectivity index (χ0v) is 17.8. The normalized spacial score (nSPS) is 11.2. The molecule has 0 saturated carbocycles. The van der Waals surface area contributed by atoms with Crippen LogP contribution in [0.5, 0.6) is 11.5 Å². The Morgan fingerprint density at radius 3 is 2.45 bits per heavy atom. The lowest BCUT2D eigenvalue weighted by molar-refractivity contribution is 0.0950. The summed E-state index contributed by atoms with van der Waals surface area (Å²) in [5, 5.41) is 11.9. The van der Waals surface area contributed by atoms with Gasteiger partial charge in [0, 0.05) is 6.54 Å². The number of nitrogens with one attached hydrogen (secondary N) is 1. The molecule has 0 fully saturated rings. The summed E-state index contributed by atoms with van der Waals surface area (Å²) in [5.41, 5.74) is 3.00. The Kier molecular flexibility index (Phi) is 6.85. The van der Waals surface area contributed by atoms with Crippen molar-refractivity contribution in [2.24, 2.45) is 0 Å². The van der Waals surface area contributed by atoms with Gasteiger partial charge < -0.3 is 14.8 Å². The summed E-state index contributed by atoms with van der Waals surface area (Å²) >= 11 is 7.51. The summed E-state index contributed by atoms with van der Waals surface area (Å²) in [7, 11) is 3.15. The first-order chi connectivity index (χ1) is 14.0. The quantitative estimate of drug-likeness (QED) is 0.597. The zero-order valence-electron chi connectivity index (χ0n) is 16.2. The monoisotopic (exact) mass is 429 g/mol. The van der Waals surface area contributed by atoms with Crippen LogP contribution in [0.4, 0.5) is 0 Å². The summed E-state index contributed by atoms with van der Waals surface area (Å²) in [6.07, 6.45) is 1.73. The highest BCUT2D eigenvalue weighted by Crippen LogP contribution is 2.31. The van der Waals surface area contributed by atoms with Gasteiger partial charge in [0.2, 0.25) is 5.01 Å². The number of carbonyl (C=O) groups is 1. The Labute approximate surface area is 178 Å². The first kappa shape index (κ1) is 20.8. The Bertz CT molecular complexity index is 1030. The summed E-state index contributed by atoms with van der Waals surface area (Å²) in [4.78, 5) is 12.3. The molecular formula is C21H20ClN3O3S. The van der Waals surface area contributed by atoms with Crippen LogP contribution in [-0.4, -0.2) is 30.3 Å². The number of rotatable bonds is 7. The molecule has 0 bridgehead atoms. The van der Waals surface area contributed by atoms with Crippen LogP contribution in [0, 0.1) is 6.92 Å². The molecule has 0 unspecified atom stereocenters. The van der Waals surface area contributed by atoms with E-state index in [4.69, 9.17) is 21.1 Å². The van der Waals surface area contributed by atoms with Crippen LogP contribution in [0.1, 0.15) is 31.5 Å². The van der Waals surface area contributed by atoms with E-state index in [0.29, 0.717) is 28.1 Å². The summed E-state index contributed by atoms with van der Waals surface area (Å²) < 4.78 is 10.5. The number of halogens is 1. The first-order valence-electron chi connectivity index (χ1n) is 8.77. The lowest BCUT2D eigenvalue weighted by atomic mass is 10.1. The van der Waals surface area contributed by atoms with Gasteiger partial charge in [-0.15, -0.1) is 10.2 Å². The van der Waals surface area contributed by atoms with E-state index in [2.05, 4.69) is 15.5 Å². The molecule has 6 nitrogen and oxygen atoms in total. The molecule has 1 amide bonds. The SMILES string of the molecule is COc1ccc(/C=C(\Cl)c2nnc(C(=O)NCc3ccc(C)cc3)s2)cc1OC. The number of hydrogen-bond acceptors (Lipinski definition) is 6. The fourth-order valence-corrected chi connectivity index (χ4v) is 3.47. The lowest BCUT2D eigenvalue weighted by Crippen LogP contribution is -2.22. The third-order valence-electron chi connectivity index (χ3n) is 4.10. The average molecular weight is 430 g/mol. The fraction of sp³-hybridized carbons (Fsp3) is 0.190. The van der Waals surface area contributed by atoms with Crippen LogP contribution in [0.15, 0.2) is 42.5 Å². The van der Waals surface area contributed by atoms with Gasteiger partial charge in [0.1, 0.15) is 0 Å². The average Bonchev–Trinajstić information content (AvgIpc) is 3.23. The molecule has 0 spiro atoms. The molecule has 0 saturated heterocycles. The van der Waals surface area contributed by atoms with Crippen molar-refractivity contribution in [3.8, 4) is 11.5 Å². The second kappa shape index (κ2) is 9.54. The molecule has 29 heavy (non-hydrogen) atoms. The standard InChI is InChI=1S/C21H20ClN3O3S/c1-13-4-6-14(7-5-13)12-23-19(26)21-25-24-20(29-21)16(22)10-15-8-9-17(27-2)18(11-15)28-3/h4-11H,12H2,1-3H3,(H,23,26)/b16-10-. The predicted octanol–water partition coefficient (Wildman–Crippen LogP) is 4.53. The molecule has 0 atom stereocenters. The lowest BCUT2D eigenvalue weighted by Gasteiger charge is -2.07.